The fourth-order valence-corrected chi connectivity index (χ4v) is 3.38. The highest BCUT2D eigenvalue weighted by molar-refractivity contribution is 9.10. The largest absolute Gasteiger partial charge is 0.463 e. The molecule has 0 fully saturated rings. The molecule has 0 bridgehead atoms. The number of allylic oxidation sites excluding steroid dienone is 1. The average Bonchev–Trinajstić information content (AvgIpc) is 2.94. The van der Waals surface area contributed by atoms with Crippen LogP contribution in [0, 0.1) is 5.92 Å². The van der Waals surface area contributed by atoms with Crippen molar-refractivity contribution in [3.63, 3.8) is 0 Å². The lowest BCUT2D eigenvalue weighted by Gasteiger charge is -2.26. The average molecular weight is 409 g/mol. The zero-order valence-electron chi connectivity index (χ0n) is 15.6. The van der Waals surface area contributed by atoms with Gasteiger partial charge in [-0.25, -0.2) is 9.80 Å². The molecule has 1 N–H and O–H groups in total. The third-order valence-corrected chi connectivity index (χ3v) is 4.96. The van der Waals surface area contributed by atoms with Gasteiger partial charge in [0.2, 0.25) is 0 Å². The number of carbonyl (C=O) groups is 1. The van der Waals surface area contributed by atoms with Crippen molar-refractivity contribution in [3.8, 4) is 0 Å². The molecule has 138 valence electrons. The van der Waals surface area contributed by atoms with E-state index in [-0.39, 0.29) is 17.9 Å². The monoisotopic (exact) mass is 408 g/mol. The highest BCUT2D eigenvalue weighted by atomic mass is 79.9. The fraction of sp³-hybridized carbons (Fsp3) is 0.550. The summed E-state index contributed by atoms with van der Waals surface area (Å²) in [5, 5.41) is 2.22. The maximum Gasteiger partial charge on any atom is 0.337 e. The van der Waals surface area contributed by atoms with Crippen LogP contribution in [0.5, 0.6) is 0 Å². The minimum atomic E-state index is -0.195. The van der Waals surface area contributed by atoms with Gasteiger partial charge in [-0.15, -0.1) is 0 Å². The predicted molar refractivity (Wildman–Crippen MR) is 105 cm³/mol. The van der Waals surface area contributed by atoms with Gasteiger partial charge in [-0.05, 0) is 43.4 Å². The van der Waals surface area contributed by atoms with Gasteiger partial charge in [0.05, 0.1) is 18.2 Å². The van der Waals surface area contributed by atoms with E-state index < -0.39 is 0 Å². The second-order valence-corrected chi connectivity index (χ2v) is 7.62. The van der Waals surface area contributed by atoms with Gasteiger partial charge in [0.1, 0.15) is 0 Å². The standard InChI is InChI=1S/C20H29BrN2O2/c1-5-7-12-23-17(13-15-8-10-16(21)11-9-15)18(20(24)25-6-2)19(22-23)14(3)4/h8-11,14,17,22H,5-7,12-13H2,1-4H3. The summed E-state index contributed by atoms with van der Waals surface area (Å²) in [5.41, 5.74) is 6.50. The molecule has 0 aromatic heterocycles. The van der Waals surface area contributed by atoms with Gasteiger partial charge in [0.25, 0.3) is 0 Å². The molecule has 1 aromatic rings. The Labute approximate surface area is 159 Å². The Hall–Kier alpha value is -1.33. The Morgan fingerprint density at radius 2 is 1.96 bits per heavy atom. The molecule has 1 atom stereocenters. The number of nitrogens with zero attached hydrogens (tertiary/aromatic N) is 1. The summed E-state index contributed by atoms with van der Waals surface area (Å²) < 4.78 is 6.44. The molecule has 0 aliphatic carbocycles. The summed E-state index contributed by atoms with van der Waals surface area (Å²) in [7, 11) is 0. The molecular formula is C20H29BrN2O2. The summed E-state index contributed by atoms with van der Waals surface area (Å²) in [6, 6.07) is 8.32. The molecule has 1 heterocycles. The molecule has 0 radical (unpaired) electrons. The van der Waals surface area contributed by atoms with Crippen LogP contribution < -0.4 is 5.43 Å². The van der Waals surface area contributed by atoms with Crippen LogP contribution in [0.3, 0.4) is 0 Å². The van der Waals surface area contributed by atoms with E-state index in [1.165, 1.54) is 5.56 Å². The Balaban J connectivity index is 2.33. The lowest BCUT2D eigenvalue weighted by Crippen LogP contribution is -2.42. The summed E-state index contributed by atoms with van der Waals surface area (Å²) in [6.07, 6.45) is 2.99. The first kappa shape index (κ1) is 20.0. The van der Waals surface area contributed by atoms with Gasteiger partial charge in [-0.1, -0.05) is 55.3 Å². The molecule has 0 amide bonds. The zero-order chi connectivity index (χ0) is 18.4. The first-order valence-corrected chi connectivity index (χ1v) is 9.96. The minimum absolute atomic E-state index is 0.00387. The molecule has 4 nitrogen and oxygen atoms in total. The van der Waals surface area contributed by atoms with E-state index in [9.17, 15) is 4.79 Å². The quantitative estimate of drug-likeness (QED) is 0.644. The second-order valence-electron chi connectivity index (χ2n) is 6.71. The van der Waals surface area contributed by atoms with Crippen molar-refractivity contribution >= 4 is 21.9 Å². The molecule has 0 spiro atoms. The van der Waals surface area contributed by atoms with Crippen LogP contribution in [0.1, 0.15) is 46.1 Å². The highest BCUT2D eigenvalue weighted by Crippen LogP contribution is 2.29. The summed E-state index contributed by atoms with van der Waals surface area (Å²) in [6.45, 7) is 9.57. The van der Waals surface area contributed by atoms with Crippen molar-refractivity contribution in [2.75, 3.05) is 13.2 Å². The second kappa shape index (κ2) is 9.39. The highest BCUT2D eigenvalue weighted by Gasteiger charge is 2.38. The van der Waals surface area contributed by atoms with E-state index >= 15 is 0 Å². The summed E-state index contributed by atoms with van der Waals surface area (Å²) >= 11 is 3.48. The number of halogens is 1. The van der Waals surface area contributed by atoms with Gasteiger partial charge >= 0.3 is 5.97 Å². The third kappa shape index (κ3) is 5.08. The van der Waals surface area contributed by atoms with Crippen molar-refractivity contribution in [3.05, 3.63) is 45.6 Å². The molecule has 1 aromatic carbocycles. The van der Waals surface area contributed by atoms with E-state index in [0.717, 1.165) is 41.6 Å². The number of benzene rings is 1. The number of hydrazine groups is 1. The van der Waals surface area contributed by atoms with E-state index in [0.29, 0.717) is 6.61 Å². The van der Waals surface area contributed by atoms with Gasteiger partial charge in [0.15, 0.2) is 0 Å². The molecule has 1 aliphatic heterocycles. The van der Waals surface area contributed by atoms with Crippen LogP contribution in [0.2, 0.25) is 0 Å². The lowest BCUT2D eigenvalue weighted by atomic mass is 9.95. The van der Waals surface area contributed by atoms with Gasteiger partial charge < -0.3 is 10.2 Å². The van der Waals surface area contributed by atoms with Crippen molar-refractivity contribution in [2.24, 2.45) is 5.92 Å². The number of hydrogen-bond acceptors (Lipinski definition) is 4. The predicted octanol–water partition coefficient (Wildman–Crippen LogP) is 4.45. The number of unbranched alkanes of at least 4 members (excludes halogenated alkanes) is 1. The number of carbonyl (C=O) groups excluding carboxylic acids is 1. The topological polar surface area (TPSA) is 41.6 Å². The minimum Gasteiger partial charge on any atom is -0.463 e. The maximum absolute atomic E-state index is 12.7. The SMILES string of the molecule is CCCCN1NC(C(C)C)=C(C(=O)OCC)C1Cc1ccc(Br)cc1. The molecule has 1 aliphatic rings. The molecular weight excluding hydrogens is 380 g/mol. The summed E-state index contributed by atoms with van der Waals surface area (Å²) in [5.74, 6) is 0.0539. The van der Waals surface area contributed by atoms with E-state index in [4.69, 9.17) is 4.74 Å². The van der Waals surface area contributed by atoms with Gasteiger partial charge in [0, 0.05) is 16.7 Å². The maximum atomic E-state index is 12.7. The van der Waals surface area contributed by atoms with Crippen molar-refractivity contribution in [1.29, 1.82) is 0 Å². The number of esters is 1. The van der Waals surface area contributed by atoms with Crippen LogP contribution in [0.15, 0.2) is 40.0 Å². The molecule has 0 saturated heterocycles. The molecule has 0 saturated carbocycles. The summed E-state index contributed by atoms with van der Waals surface area (Å²) in [4.78, 5) is 12.7. The van der Waals surface area contributed by atoms with Gasteiger partial charge in [-0.3, -0.25) is 0 Å². The Bertz CT molecular complexity index is 611. The molecule has 25 heavy (non-hydrogen) atoms. The van der Waals surface area contributed by atoms with Crippen molar-refractivity contribution in [1.82, 2.24) is 10.4 Å². The van der Waals surface area contributed by atoms with Crippen LogP contribution in [0.4, 0.5) is 0 Å². The van der Waals surface area contributed by atoms with Crippen molar-refractivity contribution in [2.45, 2.75) is 53.0 Å². The van der Waals surface area contributed by atoms with E-state index in [1.807, 2.05) is 19.1 Å². The zero-order valence-corrected chi connectivity index (χ0v) is 17.2. The molecule has 5 heteroatoms. The molecule has 2 rings (SSSR count). The van der Waals surface area contributed by atoms with E-state index in [1.54, 1.807) is 0 Å². The Morgan fingerprint density at radius 1 is 1.28 bits per heavy atom. The van der Waals surface area contributed by atoms with Crippen LogP contribution in [-0.4, -0.2) is 30.2 Å². The smallest absolute Gasteiger partial charge is 0.337 e. The Morgan fingerprint density at radius 3 is 2.52 bits per heavy atom. The first-order valence-electron chi connectivity index (χ1n) is 9.16. The number of nitrogens with one attached hydrogen (secondary N) is 1. The first-order chi connectivity index (χ1) is 12.0. The normalized spacial score (nSPS) is 17.9. The van der Waals surface area contributed by atoms with Crippen LogP contribution >= 0.6 is 15.9 Å². The van der Waals surface area contributed by atoms with Crippen LogP contribution in [0.25, 0.3) is 0 Å². The Kier molecular flexibility index (Phi) is 7.51. The molecule has 1 unspecified atom stereocenters. The van der Waals surface area contributed by atoms with E-state index in [2.05, 4.69) is 59.3 Å². The fourth-order valence-electron chi connectivity index (χ4n) is 3.12. The third-order valence-electron chi connectivity index (χ3n) is 4.43. The van der Waals surface area contributed by atoms with Gasteiger partial charge in [-0.2, -0.15) is 0 Å². The number of rotatable bonds is 8. The number of ether oxygens (including phenoxy) is 1. The van der Waals surface area contributed by atoms with Crippen LogP contribution in [-0.2, 0) is 16.0 Å². The lowest BCUT2D eigenvalue weighted by molar-refractivity contribution is -0.139. The number of hydrogen-bond donors (Lipinski definition) is 1. The van der Waals surface area contributed by atoms with Crippen molar-refractivity contribution < 1.29 is 9.53 Å².